The van der Waals surface area contributed by atoms with Gasteiger partial charge in [-0.2, -0.15) is 0 Å². The minimum absolute atomic E-state index is 0.0114. The van der Waals surface area contributed by atoms with Gasteiger partial charge in [-0.1, -0.05) is 36.7 Å². The average molecular weight is 338 g/mol. The van der Waals surface area contributed by atoms with Crippen LogP contribution < -0.4 is 5.32 Å². The van der Waals surface area contributed by atoms with Crippen molar-refractivity contribution in [3.8, 4) is 0 Å². The van der Waals surface area contributed by atoms with Crippen LogP contribution in [0.2, 0.25) is 5.02 Å². The van der Waals surface area contributed by atoms with E-state index in [4.69, 9.17) is 16.3 Å². The van der Waals surface area contributed by atoms with Crippen molar-refractivity contribution in [2.24, 2.45) is 5.92 Å². The van der Waals surface area contributed by atoms with Gasteiger partial charge in [0, 0.05) is 16.5 Å². The number of hydrogen-bond acceptors (Lipinski definition) is 3. The van der Waals surface area contributed by atoms with E-state index >= 15 is 0 Å². The van der Waals surface area contributed by atoms with Gasteiger partial charge in [-0.05, 0) is 46.1 Å². The molecule has 0 heterocycles. The second-order valence-electron chi connectivity index (χ2n) is 7.17. The molecule has 1 aromatic carbocycles. The zero-order chi connectivity index (χ0) is 17.3. The molecule has 0 spiro atoms. The van der Waals surface area contributed by atoms with Crippen LogP contribution in [0, 0.1) is 5.92 Å². The fourth-order valence-corrected chi connectivity index (χ4v) is 3.39. The van der Waals surface area contributed by atoms with Crippen LogP contribution in [-0.4, -0.2) is 17.5 Å². The maximum Gasteiger partial charge on any atom is 0.408 e. The lowest BCUT2D eigenvalue weighted by atomic mass is 9.71. The van der Waals surface area contributed by atoms with Crippen LogP contribution in [0.15, 0.2) is 24.3 Å². The molecule has 1 aliphatic rings. The quantitative estimate of drug-likeness (QED) is 0.867. The van der Waals surface area contributed by atoms with Gasteiger partial charge in [0.1, 0.15) is 11.1 Å². The molecule has 23 heavy (non-hydrogen) atoms. The first kappa shape index (κ1) is 17.8. The molecule has 1 N–H and O–H groups in total. The number of Topliss-reactive ketones (excluding diaryl/α,β-unsaturated/α-hetero) is 1. The zero-order valence-corrected chi connectivity index (χ0v) is 14.9. The highest BCUT2D eigenvalue weighted by Gasteiger charge is 2.47. The fraction of sp³-hybridized carbons (Fsp3) is 0.556. The molecule has 4 nitrogen and oxygen atoms in total. The summed E-state index contributed by atoms with van der Waals surface area (Å²) in [5.74, 6) is -0.141. The molecule has 1 fully saturated rings. The van der Waals surface area contributed by atoms with Gasteiger partial charge in [-0.25, -0.2) is 4.79 Å². The Morgan fingerprint density at radius 1 is 1.35 bits per heavy atom. The lowest BCUT2D eigenvalue weighted by Gasteiger charge is -2.40. The lowest BCUT2D eigenvalue weighted by molar-refractivity contribution is -0.132. The summed E-state index contributed by atoms with van der Waals surface area (Å²) >= 11 is 6.33. The van der Waals surface area contributed by atoms with Gasteiger partial charge in [0.05, 0.1) is 0 Å². The highest BCUT2D eigenvalue weighted by molar-refractivity contribution is 6.31. The van der Waals surface area contributed by atoms with Crippen molar-refractivity contribution in [2.75, 3.05) is 0 Å². The van der Waals surface area contributed by atoms with Gasteiger partial charge >= 0.3 is 6.09 Å². The highest BCUT2D eigenvalue weighted by atomic mass is 35.5. The van der Waals surface area contributed by atoms with E-state index in [1.807, 2.05) is 19.1 Å². The summed E-state index contributed by atoms with van der Waals surface area (Å²) in [5, 5.41) is 3.31. The third-order valence-corrected chi connectivity index (χ3v) is 4.43. The van der Waals surface area contributed by atoms with E-state index in [2.05, 4.69) is 5.32 Å². The number of carbonyl (C=O) groups excluding carboxylic acids is 2. The van der Waals surface area contributed by atoms with Crippen molar-refractivity contribution in [3.05, 3.63) is 34.9 Å². The number of hydrogen-bond donors (Lipinski definition) is 1. The number of ether oxygens (including phenoxy) is 1. The molecule has 0 unspecified atom stereocenters. The van der Waals surface area contributed by atoms with Crippen molar-refractivity contribution in [2.45, 2.75) is 58.1 Å². The Balaban J connectivity index is 2.42. The first-order valence-electron chi connectivity index (χ1n) is 7.96. The molecule has 1 aliphatic carbocycles. The van der Waals surface area contributed by atoms with Crippen LogP contribution in [0.1, 0.15) is 52.5 Å². The number of halogens is 1. The van der Waals surface area contributed by atoms with Crippen molar-refractivity contribution in [1.29, 1.82) is 0 Å². The molecule has 2 rings (SSSR count). The van der Waals surface area contributed by atoms with Crippen molar-refractivity contribution in [3.63, 3.8) is 0 Å². The predicted octanol–water partition coefficient (Wildman–Crippen LogP) is 4.45. The summed E-state index contributed by atoms with van der Waals surface area (Å²) in [6.45, 7) is 7.27. The number of rotatable bonds is 2. The Hall–Kier alpha value is -1.55. The first-order chi connectivity index (χ1) is 10.7. The van der Waals surface area contributed by atoms with Gasteiger partial charge in [-0.15, -0.1) is 0 Å². The number of carbonyl (C=O) groups is 2. The summed E-state index contributed by atoms with van der Waals surface area (Å²) in [4.78, 5) is 25.3. The molecule has 2 atom stereocenters. The highest BCUT2D eigenvalue weighted by Crippen LogP contribution is 2.40. The van der Waals surface area contributed by atoms with Gasteiger partial charge in [0.25, 0.3) is 0 Å². The van der Waals surface area contributed by atoms with E-state index in [1.54, 1.807) is 32.9 Å². The van der Waals surface area contributed by atoms with E-state index in [0.717, 1.165) is 12.8 Å². The summed E-state index contributed by atoms with van der Waals surface area (Å²) in [6, 6.07) is 7.17. The first-order valence-corrected chi connectivity index (χ1v) is 8.34. The van der Waals surface area contributed by atoms with E-state index in [9.17, 15) is 9.59 Å². The van der Waals surface area contributed by atoms with Gasteiger partial charge in [0.2, 0.25) is 0 Å². The number of nitrogens with one attached hydrogen (secondary N) is 1. The molecule has 1 saturated carbocycles. The molecule has 126 valence electrons. The zero-order valence-electron chi connectivity index (χ0n) is 14.1. The van der Waals surface area contributed by atoms with Crippen LogP contribution in [0.4, 0.5) is 4.79 Å². The molecule has 0 saturated heterocycles. The molecule has 5 heteroatoms. The molecule has 0 radical (unpaired) electrons. The third-order valence-electron chi connectivity index (χ3n) is 4.11. The Morgan fingerprint density at radius 3 is 2.61 bits per heavy atom. The van der Waals surface area contributed by atoms with Crippen LogP contribution >= 0.6 is 11.6 Å². The average Bonchev–Trinajstić information content (AvgIpc) is 2.42. The van der Waals surface area contributed by atoms with Crippen molar-refractivity contribution < 1.29 is 14.3 Å². The third kappa shape index (κ3) is 3.86. The maximum absolute atomic E-state index is 13.0. The monoisotopic (exact) mass is 337 g/mol. The molecular formula is C18H24ClNO3. The van der Waals surface area contributed by atoms with Crippen LogP contribution in [-0.2, 0) is 15.1 Å². The number of benzene rings is 1. The molecular weight excluding hydrogens is 314 g/mol. The SMILES string of the molecule is C[C@@H]1CCC[C@@](NC(=O)OC(C)(C)C)(c2ccccc2Cl)C1=O. The predicted molar refractivity (Wildman–Crippen MR) is 90.5 cm³/mol. The summed E-state index contributed by atoms with van der Waals surface area (Å²) in [7, 11) is 0. The fourth-order valence-electron chi connectivity index (χ4n) is 3.09. The van der Waals surface area contributed by atoms with Crippen LogP contribution in [0.25, 0.3) is 0 Å². The Morgan fingerprint density at radius 2 is 2.00 bits per heavy atom. The Bertz CT molecular complexity index is 609. The van der Waals surface area contributed by atoms with Gasteiger partial charge < -0.3 is 10.1 Å². The van der Waals surface area contributed by atoms with Crippen molar-refractivity contribution in [1.82, 2.24) is 5.32 Å². The molecule has 0 aliphatic heterocycles. The van der Waals surface area contributed by atoms with E-state index in [-0.39, 0.29) is 11.7 Å². The Labute approximate surface area is 142 Å². The lowest BCUT2D eigenvalue weighted by Crippen LogP contribution is -2.56. The van der Waals surface area contributed by atoms with Crippen LogP contribution in [0.5, 0.6) is 0 Å². The molecule has 1 amide bonds. The molecule has 0 aromatic heterocycles. The summed E-state index contributed by atoms with van der Waals surface area (Å²) < 4.78 is 5.37. The van der Waals surface area contributed by atoms with E-state index in [1.165, 1.54) is 0 Å². The number of ketones is 1. The Kier molecular flexibility index (Phi) is 5.04. The summed E-state index contributed by atoms with van der Waals surface area (Å²) in [6.07, 6.45) is 1.59. The maximum atomic E-state index is 13.0. The number of alkyl carbamates (subject to hydrolysis) is 1. The second-order valence-corrected chi connectivity index (χ2v) is 7.58. The standard InChI is InChI=1S/C18H24ClNO3/c1-12-8-7-11-18(15(12)21,13-9-5-6-10-14(13)19)20-16(22)23-17(2,3)4/h5-6,9-10,12H,7-8,11H2,1-4H3,(H,20,22)/t12-,18-/m1/s1. The largest absolute Gasteiger partial charge is 0.444 e. The smallest absolute Gasteiger partial charge is 0.408 e. The second kappa shape index (κ2) is 6.52. The van der Waals surface area contributed by atoms with E-state index < -0.39 is 17.2 Å². The van der Waals surface area contributed by atoms with Gasteiger partial charge in [0.15, 0.2) is 5.78 Å². The molecule has 0 bridgehead atoms. The number of amides is 1. The minimum Gasteiger partial charge on any atom is -0.444 e. The normalized spacial score (nSPS) is 25.1. The topological polar surface area (TPSA) is 55.4 Å². The van der Waals surface area contributed by atoms with E-state index in [0.29, 0.717) is 17.0 Å². The van der Waals surface area contributed by atoms with Gasteiger partial charge in [-0.3, -0.25) is 4.79 Å². The minimum atomic E-state index is -1.11. The molecule has 1 aromatic rings. The summed E-state index contributed by atoms with van der Waals surface area (Å²) in [5.41, 5.74) is -1.10. The van der Waals surface area contributed by atoms with Crippen LogP contribution in [0.3, 0.4) is 0 Å². The van der Waals surface area contributed by atoms with Crippen molar-refractivity contribution >= 4 is 23.5 Å².